The van der Waals surface area contributed by atoms with Crippen molar-refractivity contribution in [1.82, 2.24) is 4.90 Å². The van der Waals surface area contributed by atoms with Gasteiger partial charge in [-0.05, 0) is 37.1 Å². The molecule has 0 bridgehead atoms. The van der Waals surface area contributed by atoms with Gasteiger partial charge in [0.25, 0.3) is 0 Å². The summed E-state index contributed by atoms with van der Waals surface area (Å²) >= 11 is 3.34. The Bertz CT molecular complexity index is 402. The number of nitrogens with one attached hydrogen (secondary N) is 1. The number of halogens is 2. The average molecular weight is 315 g/mol. The van der Waals surface area contributed by atoms with Gasteiger partial charge < -0.3 is 5.32 Å². The molecule has 3 nitrogen and oxygen atoms in total. The first kappa shape index (κ1) is 13.5. The van der Waals surface area contributed by atoms with Gasteiger partial charge in [0.15, 0.2) is 0 Å². The number of hydrogen-bond donors (Lipinski definition) is 1. The molecule has 1 aromatic rings. The molecule has 0 spiro atoms. The molecule has 1 heterocycles. The molecule has 1 aliphatic rings. The molecule has 0 unspecified atom stereocenters. The zero-order valence-corrected chi connectivity index (χ0v) is 11.6. The number of nitrogens with zero attached hydrogens (tertiary/aromatic N) is 1. The van der Waals surface area contributed by atoms with E-state index in [0.29, 0.717) is 32.5 Å². The van der Waals surface area contributed by atoms with Gasteiger partial charge in [-0.25, -0.2) is 4.39 Å². The summed E-state index contributed by atoms with van der Waals surface area (Å²) in [6.07, 6.45) is 0.368. The summed E-state index contributed by atoms with van der Waals surface area (Å²) < 4.78 is 13.9. The van der Waals surface area contributed by atoms with E-state index in [1.807, 2.05) is 29.2 Å². The fourth-order valence-corrected chi connectivity index (χ4v) is 2.26. The number of alkyl halides is 1. The highest BCUT2D eigenvalue weighted by atomic mass is 79.9. The Morgan fingerprint density at radius 3 is 2.56 bits per heavy atom. The number of hydrogen-bond acceptors (Lipinski definition) is 2. The third-order valence-corrected chi connectivity index (χ3v) is 3.54. The van der Waals surface area contributed by atoms with Gasteiger partial charge in [-0.1, -0.05) is 15.9 Å². The van der Waals surface area contributed by atoms with Gasteiger partial charge in [-0.3, -0.25) is 9.69 Å². The van der Waals surface area contributed by atoms with Crippen LogP contribution in [0, 0.1) is 0 Å². The summed E-state index contributed by atoms with van der Waals surface area (Å²) in [4.78, 5) is 13.8. The Morgan fingerprint density at radius 2 is 1.94 bits per heavy atom. The topological polar surface area (TPSA) is 32.3 Å². The molecular weight excluding hydrogens is 299 g/mol. The Balaban J connectivity index is 1.80. The van der Waals surface area contributed by atoms with Crippen molar-refractivity contribution in [2.75, 3.05) is 25.0 Å². The van der Waals surface area contributed by atoms with E-state index < -0.39 is 6.17 Å². The minimum atomic E-state index is -0.698. The maximum Gasteiger partial charge on any atom is 0.238 e. The smallest absolute Gasteiger partial charge is 0.238 e. The third-order valence-electron chi connectivity index (χ3n) is 3.01. The van der Waals surface area contributed by atoms with E-state index in [2.05, 4.69) is 21.2 Å². The highest BCUT2D eigenvalue weighted by Gasteiger charge is 2.19. The quantitative estimate of drug-likeness (QED) is 0.930. The van der Waals surface area contributed by atoms with Crippen molar-refractivity contribution in [2.45, 2.75) is 19.0 Å². The normalized spacial score (nSPS) is 17.7. The zero-order valence-electron chi connectivity index (χ0n) is 10.0. The van der Waals surface area contributed by atoms with Crippen LogP contribution in [0.5, 0.6) is 0 Å². The van der Waals surface area contributed by atoms with Crippen LogP contribution < -0.4 is 5.32 Å². The molecule has 0 aliphatic carbocycles. The van der Waals surface area contributed by atoms with E-state index in [9.17, 15) is 9.18 Å². The van der Waals surface area contributed by atoms with Gasteiger partial charge in [0.05, 0.1) is 6.54 Å². The van der Waals surface area contributed by atoms with Gasteiger partial charge in [0.2, 0.25) is 5.91 Å². The molecule has 18 heavy (non-hydrogen) atoms. The number of rotatable bonds is 3. The lowest BCUT2D eigenvalue weighted by Crippen LogP contribution is -2.39. The zero-order chi connectivity index (χ0) is 13.0. The predicted octanol–water partition coefficient (Wildman–Crippen LogP) is 2.82. The van der Waals surface area contributed by atoms with Gasteiger partial charge in [0.1, 0.15) is 6.17 Å². The van der Waals surface area contributed by atoms with Crippen LogP contribution in [-0.2, 0) is 4.79 Å². The van der Waals surface area contributed by atoms with Crippen LogP contribution in [0.1, 0.15) is 12.8 Å². The van der Waals surface area contributed by atoms with Crippen molar-refractivity contribution in [3.05, 3.63) is 28.7 Å². The number of carbonyl (C=O) groups excluding carboxylic acids is 1. The second-order valence-electron chi connectivity index (χ2n) is 4.51. The fraction of sp³-hybridized carbons (Fsp3) is 0.462. The van der Waals surface area contributed by atoms with Crippen molar-refractivity contribution in [3.8, 4) is 0 Å². The standard InChI is InChI=1S/C13H16BrFN2O/c14-10-1-3-12(4-2-10)16-13(18)9-17-7-5-11(15)6-8-17/h1-4,11H,5-9H2,(H,16,18). The second-order valence-corrected chi connectivity index (χ2v) is 5.42. The van der Waals surface area contributed by atoms with Crippen LogP contribution in [0.15, 0.2) is 28.7 Å². The van der Waals surface area contributed by atoms with E-state index in [1.165, 1.54) is 0 Å². The Kier molecular flexibility index (Phi) is 4.72. The summed E-state index contributed by atoms with van der Waals surface area (Å²) in [7, 11) is 0. The van der Waals surface area contributed by atoms with Crippen LogP contribution in [0.25, 0.3) is 0 Å². The van der Waals surface area contributed by atoms with Crippen LogP contribution in [-0.4, -0.2) is 36.6 Å². The molecule has 0 radical (unpaired) electrons. The highest BCUT2D eigenvalue weighted by molar-refractivity contribution is 9.10. The minimum Gasteiger partial charge on any atom is -0.325 e. The van der Waals surface area contributed by atoms with E-state index in [0.717, 1.165) is 10.2 Å². The summed E-state index contributed by atoms with van der Waals surface area (Å²) in [6, 6.07) is 7.44. The van der Waals surface area contributed by atoms with Crippen LogP contribution in [0.4, 0.5) is 10.1 Å². The SMILES string of the molecule is O=C(CN1CCC(F)CC1)Nc1ccc(Br)cc1. The molecule has 5 heteroatoms. The lowest BCUT2D eigenvalue weighted by molar-refractivity contribution is -0.117. The molecule has 1 amide bonds. The molecule has 0 atom stereocenters. The number of anilines is 1. The van der Waals surface area contributed by atoms with E-state index >= 15 is 0 Å². The first-order valence-electron chi connectivity index (χ1n) is 6.05. The summed E-state index contributed by atoms with van der Waals surface area (Å²) in [6.45, 7) is 1.66. The van der Waals surface area contributed by atoms with Gasteiger partial charge in [0, 0.05) is 23.2 Å². The molecule has 1 fully saturated rings. The van der Waals surface area contributed by atoms with Crippen molar-refractivity contribution in [2.24, 2.45) is 0 Å². The third kappa shape index (κ3) is 4.07. The molecule has 1 saturated heterocycles. The molecule has 1 aliphatic heterocycles. The van der Waals surface area contributed by atoms with Gasteiger partial charge in [-0.15, -0.1) is 0 Å². The Labute approximate surface area is 114 Å². The van der Waals surface area contributed by atoms with Gasteiger partial charge in [-0.2, -0.15) is 0 Å². The van der Waals surface area contributed by atoms with Crippen molar-refractivity contribution in [3.63, 3.8) is 0 Å². The maximum atomic E-state index is 12.9. The molecule has 2 rings (SSSR count). The first-order valence-corrected chi connectivity index (χ1v) is 6.84. The predicted molar refractivity (Wildman–Crippen MR) is 73.3 cm³/mol. The summed E-state index contributed by atoms with van der Waals surface area (Å²) in [5, 5.41) is 2.83. The highest BCUT2D eigenvalue weighted by Crippen LogP contribution is 2.15. The van der Waals surface area contributed by atoms with E-state index in [-0.39, 0.29) is 5.91 Å². The Morgan fingerprint density at radius 1 is 1.33 bits per heavy atom. The molecule has 0 aromatic heterocycles. The number of likely N-dealkylation sites (tertiary alicyclic amines) is 1. The molecule has 1 N–H and O–H groups in total. The van der Waals surface area contributed by atoms with Gasteiger partial charge >= 0.3 is 0 Å². The summed E-state index contributed by atoms with van der Waals surface area (Å²) in [5.74, 6) is -0.0466. The average Bonchev–Trinajstić information content (AvgIpc) is 2.35. The monoisotopic (exact) mass is 314 g/mol. The molecule has 0 saturated carbocycles. The minimum absolute atomic E-state index is 0.0466. The fourth-order valence-electron chi connectivity index (χ4n) is 2.00. The largest absolute Gasteiger partial charge is 0.325 e. The number of amides is 1. The van der Waals surface area contributed by atoms with Crippen LogP contribution >= 0.6 is 15.9 Å². The second kappa shape index (κ2) is 6.29. The van der Waals surface area contributed by atoms with Crippen LogP contribution in [0.2, 0.25) is 0 Å². The van der Waals surface area contributed by atoms with E-state index in [4.69, 9.17) is 0 Å². The Hall–Kier alpha value is -0.940. The number of piperidine rings is 1. The molecule has 98 valence electrons. The number of carbonyl (C=O) groups is 1. The lowest BCUT2D eigenvalue weighted by Gasteiger charge is -2.27. The first-order chi connectivity index (χ1) is 8.63. The van der Waals surface area contributed by atoms with Crippen molar-refractivity contribution >= 4 is 27.5 Å². The molecule has 1 aromatic carbocycles. The lowest BCUT2D eigenvalue weighted by atomic mass is 10.1. The van der Waals surface area contributed by atoms with Crippen LogP contribution in [0.3, 0.4) is 0 Å². The molecular formula is C13H16BrFN2O. The van der Waals surface area contributed by atoms with E-state index in [1.54, 1.807) is 0 Å². The summed E-state index contributed by atoms with van der Waals surface area (Å²) in [5.41, 5.74) is 0.781. The van der Waals surface area contributed by atoms with Crippen molar-refractivity contribution in [1.29, 1.82) is 0 Å². The number of benzene rings is 1. The maximum absolute atomic E-state index is 12.9. The van der Waals surface area contributed by atoms with Crippen molar-refractivity contribution < 1.29 is 9.18 Å².